The molecule has 0 spiro atoms. The molecule has 3 atom stereocenters. The summed E-state index contributed by atoms with van der Waals surface area (Å²) < 4.78 is 11.7. The fourth-order valence-corrected chi connectivity index (χ4v) is 12.7. The number of rotatable bonds is 1. The summed E-state index contributed by atoms with van der Waals surface area (Å²) in [7, 11) is 0. The Labute approximate surface area is 380 Å². The number of hydrogen-bond acceptors (Lipinski definition) is 4. The second kappa shape index (κ2) is 14.2. The standard InChI is InChI=1S/C60H41N3OS/c1-35-29-50-51(34-64-55-22-10-6-15-40(35)55)42-28-25-38-30-36-13-2-3-14-37(36)31-47(38)41-27-26-39(32-49(41)42)48-33-52(45-19-12-24-57-58(45)46-18-7-11-23-56(46)65-57)61-60(62-59(48)50)63-53-20-8-4-16-43(53)44-17-5-9-21-54(44)63/h2-24,26-27,29-32,34,42,48,52H,1,25,28,33H2/b50-29+,51-34-. The molecule has 4 heterocycles. The molecule has 0 radical (unpaired) electrons. The number of aromatic nitrogens is 1. The summed E-state index contributed by atoms with van der Waals surface area (Å²) in [5.41, 5.74) is 15.1. The van der Waals surface area contributed by atoms with Gasteiger partial charge in [0.2, 0.25) is 5.96 Å². The third kappa shape index (κ3) is 5.62. The van der Waals surface area contributed by atoms with Crippen LogP contribution in [-0.2, 0) is 6.42 Å². The van der Waals surface area contributed by atoms with Crippen LogP contribution in [0.4, 0.5) is 0 Å². The average molecular weight is 852 g/mol. The molecule has 14 rings (SSSR count). The zero-order valence-electron chi connectivity index (χ0n) is 35.5. The first-order chi connectivity index (χ1) is 32.1. The summed E-state index contributed by atoms with van der Waals surface area (Å²) in [6.07, 6.45) is 6.94. The fraction of sp³-hybridized carbons (Fsp3) is 0.100. The molecule has 0 saturated carbocycles. The lowest BCUT2D eigenvalue weighted by Gasteiger charge is -2.33. The van der Waals surface area contributed by atoms with Crippen molar-refractivity contribution in [2.24, 2.45) is 9.98 Å². The number of aryl methyl sites for hydroxylation is 1. The van der Waals surface area contributed by atoms with Crippen molar-refractivity contribution < 1.29 is 4.74 Å². The van der Waals surface area contributed by atoms with Gasteiger partial charge in [-0.25, -0.2) is 9.98 Å². The summed E-state index contributed by atoms with van der Waals surface area (Å²) >= 11 is 1.86. The molecule has 3 unspecified atom stereocenters. The largest absolute Gasteiger partial charge is 0.464 e. The van der Waals surface area contributed by atoms with Gasteiger partial charge in [0.05, 0.1) is 29.0 Å². The first-order valence-electron chi connectivity index (χ1n) is 22.7. The Balaban J connectivity index is 1.08. The van der Waals surface area contributed by atoms with Gasteiger partial charge in [-0.2, -0.15) is 0 Å². The van der Waals surface area contributed by atoms with Crippen molar-refractivity contribution in [2.45, 2.75) is 37.1 Å². The summed E-state index contributed by atoms with van der Waals surface area (Å²) in [5.74, 6) is 1.42. The molecule has 2 aliphatic heterocycles. The van der Waals surface area contributed by atoms with Crippen LogP contribution in [0.15, 0.2) is 210 Å². The molecule has 4 nitrogen and oxygen atoms in total. The summed E-state index contributed by atoms with van der Waals surface area (Å²) in [6.45, 7) is 4.75. The SMILES string of the molecule is C=C1/C=C2/C3=NC(n4c5ccccc5c5ccccc54)=NC(c4cccc5sc6ccccc6c45)CC3c3ccc4c(c3)C(CCc3cc5ccccc5cc3-4)/C2=C/Oc2ccccc21. The van der Waals surface area contributed by atoms with Crippen molar-refractivity contribution in [3.63, 3.8) is 0 Å². The van der Waals surface area contributed by atoms with Crippen molar-refractivity contribution in [2.75, 3.05) is 0 Å². The summed E-state index contributed by atoms with van der Waals surface area (Å²) in [4.78, 5) is 11.9. The lowest BCUT2D eigenvalue weighted by Crippen LogP contribution is -2.25. The number of aliphatic imine (C=N–C) groups is 2. The molecule has 4 aliphatic rings. The Morgan fingerprint density at radius 1 is 0.615 bits per heavy atom. The second-order valence-electron chi connectivity index (χ2n) is 18.0. The van der Waals surface area contributed by atoms with Gasteiger partial charge in [0.15, 0.2) is 0 Å². The maximum Gasteiger partial charge on any atom is 0.230 e. The predicted molar refractivity (Wildman–Crippen MR) is 272 cm³/mol. The third-order valence-electron chi connectivity index (χ3n) is 14.5. The van der Waals surface area contributed by atoms with E-state index in [1.54, 1.807) is 0 Å². The van der Waals surface area contributed by atoms with E-state index in [0.29, 0.717) is 5.96 Å². The third-order valence-corrected chi connectivity index (χ3v) is 15.6. The van der Waals surface area contributed by atoms with Gasteiger partial charge < -0.3 is 4.74 Å². The van der Waals surface area contributed by atoms with E-state index in [2.05, 4.69) is 174 Å². The lowest BCUT2D eigenvalue weighted by molar-refractivity contribution is 0.468. The van der Waals surface area contributed by atoms with E-state index in [-0.39, 0.29) is 17.9 Å². The van der Waals surface area contributed by atoms with Crippen LogP contribution >= 0.6 is 11.3 Å². The first-order valence-corrected chi connectivity index (χ1v) is 23.5. The minimum absolute atomic E-state index is 0.0343. The molecule has 65 heavy (non-hydrogen) atoms. The molecule has 5 heteroatoms. The van der Waals surface area contributed by atoms with Gasteiger partial charge in [-0.1, -0.05) is 140 Å². The Bertz CT molecular complexity index is 3780. The van der Waals surface area contributed by atoms with E-state index < -0.39 is 0 Å². The van der Waals surface area contributed by atoms with E-state index in [0.717, 1.165) is 64.0 Å². The molecule has 2 bridgehead atoms. The van der Waals surface area contributed by atoms with Crippen LogP contribution in [0.5, 0.6) is 5.75 Å². The van der Waals surface area contributed by atoms with Gasteiger partial charge in [0.1, 0.15) is 5.75 Å². The Morgan fingerprint density at radius 3 is 2.18 bits per heavy atom. The lowest BCUT2D eigenvalue weighted by atomic mass is 9.72. The van der Waals surface area contributed by atoms with E-state index in [4.69, 9.17) is 21.3 Å². The molecular formula is C60H41N3OS. The molecule has 0 amide bonds. The van der Waals surface area contributed by atoms with Crippen LogP contribution in [0, 0.1) is 0 Å². The number of hydrogen-bond donors (Lipinski definition) is 0. The molecule has 0 N–H and O–H groups in total. The first kappa shape index (κ1) is 36.8. The normalized spacial score (nSPS) is 20.6. The molecule has 8 aromatic carbocycles. The number of thiophene rings is 1. The molecule has 2 aliphatic carbocycles. The van der Waals surface area contributed by atoms with E-state index in [1.165, 1.54) is 75.1 Å². The number of fused-ring (bicyclic) bond motifs is 16. The van der Waals surface area contributed by atoms with Crippen LogP contribution in [0.25, 0.3) is 69.5 Å². The van der Waals surface area contributed by atoms with Gasteiger partial charge in [-0.3, -0.25) is 4.57 Å². The summed E-state index contributed by atoms with van der Waals surface area (Å²) in [6, 6.07) is 62.0. The van der Waals surface area contributed by atoms with Gasteiger partial charge in [0, 0.05) is 59.5 Å². The van der Waals surface area contributed by atoms with Crippen molar-refractivity contribution in [1.82, 2.24) is 4.57 Å². The smallest absolute Gasteiger partial charge is 0.230 e. The van der Waals surface area contributed by atoms with Crippen LogP contribution in [0.1, 0.15) is 58.5 Å². The number of allylic oxidation sites excluding steroid dienone is 4. The monoisotopic (exact) mass is 851 g/mol. The number of benzene rings is 8. The maximum atomic E-state index is 6.86. The Kier molecular flexibility index (Phi) is 8.05. The highest BCUT2D eigenvalue weighted by atomic mass is 32.1. The molecule has 2 aromatic heterocycles. The van der Waals surface area contributed by atoms with Crippen molar-refractivity contribution in [3.8, 4) is 16.9 Å². The molecule has 10 aromatic rings. The van der Waals surface area contributed by atoms with Gasteiger partial charge in [0.25, 0.3) is 0 Å². The number of para-hydroxylation sites is 3. The van der Waals surface area contributed by atoms with Crippen LogP contribution < -0.4 is 4.74 Å². The van der Waals surface area contributed by atoms with Crippen LogP contribution in [-0.4, -0.2) is 16.2 Å². The van der Waals surface area contributed by atoms with Gasteiger partial charge in [-0.15, -0.1) is 11.3 Å². The van der Waals surface area contributed by atoms with E-state index in [1.807, 2.05) is 23.7 Å². The van der Waals surface area contributed by atoms with Gasteiger partial charge >= 0.3 is 0 Å². The molecule has 0 fully saturated rings. The number of ether oxygens (including phenoxy) is 1. The highest BCUT2D eigenvalue weighted by molar-refractivity contribution is 7.25. The minimum atomic E-state index is -0.222. The molecular weight excluding hydrogens is 811 g/mol. The molecule has 0 saturated heterocycles. The van der Waals surface area contributed by atoms with Crippen molar-refractivity contribution in [3.05, 3.63) is 228 Å². The van der Waals surface area contributed by atoms with Crippen LogP contribution in [0.2, 0.25) is 0 Å². The van der Waals surface area contributed by atoms with E-state index in [9.17, 15) is 0 Å². The van der Waals surface area contributed by atoms with Gasteiger partial charge in [-0.05, 0) is 111 Å². The maximum absolute atomic E-state index is 6.86. The van der Waals surface area contributed by atoms with E-state index >= 15 is 0 Å². The van der Waals surface area contributed by atoms with Crippen LogP contribution in [0.3, 0.4) is 0 Å². The highest BCUT2D eigenvalue weighted by Crippen LogP contribution is 2.52. The summed E-state index contributed by atoms with van der Waals surface area (Å²) in [5, 5.41) is 7.47. The highest BCUT2D eigenvalue weighted by Gasteiger charge is 2.39. The zero-order valence-corrected chi connectivity index (χ0v) is 36.4. The predicted octanol–water partition coefficient (Wildman–Crippen LogP) is 15.5. The quantitative estimate of drug-likeness (QED) is 0.162. The number of nitrogens with zero attached hydrogens (tertiary/aromatic N) is 3. The Hall–Kier alpha value is -7.60. The average Bonchev–Trinajstić information content (AvgIpc) is 3.77. The zero-order chi connectivity index (χ0) is 42.8. The topological polar surface area (TPSA) is 38.9 Å². The fourth-order valence-electron chi connectivity index (χ4n) is 11.5. The second-order valence-corrected chi connectivity index (χ2v) is 19.1. The molecule has 308 valence electrons. The Morgan fingerprint density at radius 2 is 1.34 bits per heavy atom. The van der Waals surface area contributed by atoms with Crippen molar-refractivity contribution >= 4 is 81.3 Å². The minimum Gasteiger partial charge on any atom is -0.464 e. The van der Waals surface area contributed by atoms with Crippen molar-refractivity contribution in [1.29, 1.82) is 0 Å².